The first-order valence-corrected chi connectivity index (χ1v) is 12.1. The van der Waals surface area contributed by atoms with Gasteiger partial charge in [0.15, 0.2) is 5.69 Å². The van der Waals surface area contributed by atoms with Crippen molar-refractivity contribution in [3.05, 3.63) is 122 Å². The molecule has 42 heavy (non-hydrogen) atoms. The molecule has 0 amide bonds. The van der Waals surface area contributed by atoms with Crippen LogP contribution in [0.4, 0.5) is 5.69 Å². The Bertz CT molecular complexity index is 2080. The van der Waals surface area contributed by atoms with Crippen molar-refractivity contribution >= 4 is 39.1 Å². The van der Waals surface area contributed by atoms with Crippen molar-refractivity contribution in [2.45, 2.75) is 0 Å². The van der Waals surface area contributed by atoms with Gasteiger partial charge in [-0.3, -0.25) is 0 Å². The summed E-state index contributed by atoms with van der Waals surface area (Å²) in [5.41, 5.74) is 3.50. The van der Waals surface area contributed by atoms with Gasteiger partial charge < -0.3 is 0 Å². The first-order valence-electron chi connectivity index (χ1n) is 12.1. The van der Waals surface area contributed by atoms with E-state index in [9.17, 15) is 36.8 Å². The number of hydrogen-bond acceptors (Lipinski definition) is 7. The second kappa shape index (κ2) is 10.4. The molecule has 186 valence electrons. The predicted molar refractivity (Wildman–Crippen MR) is 151 cm³/mol. The summed E-state index contributed by atoms with van der Waals surface area (Å²) < 4.78 is 0. The SMILES string of the molecule is [C-]#[N+]c1cccc(C2=C(C#N)c3cc4c(cc3C2=C(C#N)C#N)C(=C(C#N)C#N)C(c2cccc(C#N)c2)=C4C#N)c1. The third-order valence-electron chi connectivity index (χ3n) is 6.95. The molecule has 8 nitrogen and oxygen atoms in total. The zero-order valence-corrected chi connectivity index (χ0v) is 21.4. The summed E-state index contributed by atoms with van der Waals surface area (Å²) in [4.78, 5) is 3.45. The summed E-state index contributed by atoms with van der Waals surface area (Å²) in [6, 6.07) is 30.1. The Labute approximate surface area is 240 Å². The van der Waals surface area contributed by atoms with E-state index in [1.807, 2.05) is 30.3 Å². The van der Waals surface area contributed by atoms with Crippen molar-refractivity contribution in [2.75, 3.05) is 0 Å². The lowest BCUT2D eigenvalue weighted by atomic mass is 9.89. The number of fused-ring (bicyclic) bond motifs is 2. The van der Waals surface area contributed by atoms with Crippen molar-refractivity contribution in [1.29, 1.82) is 36.8 Å². The topological polar surface area (TPSA) is 171 Å². The Balaban J connectivity index is 1.94. The molecule has 0 aliphatic heterocycles. The summed E-state index contributed by atoms with van der Waals surface area (Å²) in [6.07, 6.45) is 0. The van der Waals surface area contributed by atoms with Gasteiger partial charge in [-0.15, -0.1) is 0 Å². The molecule has 5 rings (SSSR count). The summed E-state index contributed by atoms with van der Waals surface area (Å²) in [5, 5.41) is 69.8. The molecule has 0 unspecified atom stereocenters. The lowest BCUT2D eigenvalue weighted by molar-refractivity contribution is 1.45. The maximum atomic E-state index is 10.3. The van der Waals surface area contributed by atoms with Gasteiger partial charge in [-0.05, 0) is 52.6 Å². The van der Waals surface area contributed by atoms with Crippen LogP contribution in [0, 0.1) is 85.9 Å². The maximum Gasteiger partial charge on any atom is 0.187 e. The van der Waals surface area contributed by atoms with E-state index >= 15 is 0 Å². The largest absolute Gasteiger partial charge is 0.238 e. The van der Waals surface area contributed by atoms with E-state index in [4.69, 9.17) is 6.57 Å². The van der Waals surface area contributed by atoms with Gasteiger partial charge in [-0.2, -0.15) is 36.8 Å². The van der Waals surface area contributed by atoms with Crippen LogP contribution < -0.4 is 0 Å². The Hall–Kier alpha value is -7.46. The molecule has 3 aromatic rings. The van der Waals surface area contributed by atoms with Crippen molar-refractivity contribution < 1.29 is 0 Å². The summed E-state index contributed by atoms with van der Waals surface area (Å²) in [7, 11) is 0. The van der Waals surface area contributed by atoms with E-state index in [-0.39, 0.29) is 44.6 Å². The summed E-state index contributed by atoms with van der Waals surface area (Å²) in [5.74, 6) is 0. The molecule has 0 bridgehead atoms. The minimum absolute atomic E-state index is 0.132. The standard InChI is InChI=1S/C34H10N8/c1-42-24-7-3-6-21(9-24)32-30(18-41)26-10-25-27(11-28(26)34(32)23(15-38)16-39)33(22(13-36)14-37)31(29(25)17-40)20-5-2-4-19(8-20)12-35/h2-11H. The van der Waals surface area contributed by atoms with Gasteiger partial charge in [0.05, 0.1) is 29.4 Å². The van der Waals surface area contributed by atoms with Gasteiger partial charge in [0.1, 0.15) is 47.6 Å². The number of nitrogens with zero attached hydrogens (tertiary/aromatic N) is 8. The van der Waals surface area contributed by atoms with Crippen LogP contribution in [0.3, 0.4) is 0 Å². The van der Waals surface area contributed by atoms with Crippen LogP contribution >= 0.6 is 0 Å². The fraction of sp³-hybridized carbons (Fsp3) is 0. The Morgan fingerprint density at radius 3 is 1.48 bits per heavy atom. The minimum atomic E-state index is -0.276. The Kier molecular flexibility index (Phi) is 6.45. The third kappa shape index (κ3) is 3.78. The van der Waals surface area contributed by atoms with Crippen molar-refractivity contribution in [2.24, 2.45) is 0 Å². The van der Waals surface area contributed by atoms with Crippen LogP contribution in [0.2, 0.25) is 0 Å². The second-order valence-electron chi connectivity index (χ2n) is 8.97. The molecule has 0 aromatic heterocycles. The minimum Gasteiger partial charge on any atom is -0.238 e. The smallest absolute Gasteiger partial charge is 0.187 e. The van der Waals surface area contributed by atoms with Crippen molar-refractivity contribution in [1.82, 2.24) is 0 Å². The maximum absolute atomic E-state index is 10.3. The monoisotopic (exact) mass is 530 g/mol. The average molecular weight is 531 g/mol. The molecule has 0 spiro atoms. The number of rotatable bonds is 2. The molecule has 0 fully saturated rings. The lowest BCUT2D eigenvalue weighted by Crippen LogP contribution is -1.95. The molecule has 3 aromatic carbocycles. The van der Waals surface area contributed by atoms with E-state index in [0.717, 1.165) is 0 Å². The highest BCUT2D eigenvalue weighted by Crippen LogP contribution is 2.54. The fourth-order valence-electron chi connectivity index (χ4n) is 5.29. The Morgan fingerprint density at radius 1 is 0.548 bits per heavy atom. The first kappa shape index (κ1) is 26.2. The number of nitriles is 7. The third-order valence-corrected chi connectivity index (χ3v) is 6.95. The molecular weight excluding hydrogens is 520 g/mol. The van der Waals surface area contributed by atoms with E-state index in [0.29, 0.717) is 44.6 Å². The summed E-state index contributed by atoms with van der Waals surface area (Å²) in [6.45, 7) is 7.40. The Morgan fingerprint density at radius 2 is 1.02 bits per heavy atom. The molecule has 0 radical (unpaired) electrons. The number of hydrogen-bond donors (Lipinski definition) is 0. The number of benzene rings is 3. The fourth-order valence-corrected chi connectivity index (χ4v) is 5.29. The van der Waals surface area contributed by atoms with Gasteiger partial charge in [-0.25, -0.2) is 4.85 Å². The molecule has 2 aliphatic rings. The lowest BCUT2D eigenvalue weighted by Gasteiger charge is -2.12. The normalized spacial score (nSPS) is 12.3. The van der Waals surface area contributed by atoms with Gasteiger partial charge in [-0.1, -0.05) is 30.3 Å². The van der Waals surface area contributed by atoms with Crippen LogP contribution in [0.15, 0.2) is 71.8 Å². The van der Waals surface area contributed by atoms with Crippen molar-refractivity contribution in [3.63, 3.8) is 0 Å². The molecule has 8 heteroatoms. The van der Waals surface area contributed by atoms with Gasteiger partial charge in [0.2, 0.25) is 0 Å². The second-order valence-corrected chi connectivity index (χ2v) is 8.97. The highest BCUT2D eigenvalue weighted by atomic mass is 14.6. The zero-order chi connectivity index (χ0) is 30.0. The van der Waals surface area contributed by atoms with Crippen LogP contribution in [0.1, 0.15) is 38.9 Å². The van der Waals surface area contributed by atoms with Crippen LogP contribution in [0.25, 0.3) is 38.3 Å². The highest BCUT2D eigenvalue weighted by molar-refractivity contribution is 6.29. The van der Waals surface area contributed by atoms with E-state index in [1.165, 1.54) is 0 Å². The molecular formula is C34H10N8. The van der Waals surface area contributed by atoms with E-state index in [2.05, 4.69) is 17.0 Å². The van der Waals surface area contributed by atoms with Gasteiger partial charge >= 0.3 is 0 Å². The first-order chi connectivity index (χ1) is 20.5. The van der Waals surface area contributed by atoms with Crippen LogP contribution in [0.5, 0.6) is 0 Å². The van der Waals surface area contributed by atoms with E-state index < -0.39 is 0 Å². The molecule has 0 saturated carbocycles. The molecule has 0 N–H and O–H groups in total. The van der Waals surface area contributed by atoms with E-state index in [1.54, 1.807) is 60.7 Å². The number of allylic oxidation sites excluding steroid dienone is 8. The quantitative estimate of drug-likeness (QED) is 0.265. The van der Waals surface area contributed by atoms with Crippen molar-refractivity contribution in [3.8, 4) is 42.5 Å². The van der Waals surface area contributed by atoms with Gasteiger partial charge in [0, 0.05) is 33.4 Å². The molecule has 0 atom stereocenters. The molecule has 0 saturated heterocycles. The van der Waals surface area contributed by atoms with Crippen LogP contribution in [-0.4, -0.2) is 0 Å². The van der Waals surface area contributed by atoms with Crippen LogP contribution in [-0.2, 0) is 0 Å². The molecule has 0 heterocycles. The summed E-state index contributed by atoms with van der Waals surface area (Å²) >= 11 is 0. The molecule has 2 aliphatic carbocycles. The average Bonchev–Trinajstić information content (AvgIpc) is 3.53. The zero-order valence-electron chi connectivity index (χ0n) is 21.4. The van der Waals surface area contributed by atoms with Gasteiger partial charge in [0.25, 0.3) is 0 Å². The highest BCUT2D eigenvalue weighted by Gasteiger charge is 2.37. The predicted octanol–water partition coefficient (Wildman–Crippen LogP) is 6.61.